The van der Waals surface area contributed by atoms with Crippen LogP contribution in [0.25, 0.3) is 0 Å². The van der Waals surface area contributed by atoms with Crippen LogP contribution >= 0.6 is 0 Å². The molecule has 0 aliphatic heterocycles. The number of carboxylic acid groups (broad SMARTS) is 1. The van der Waals surface area contributed by atoms with Crippen molar-refractivity contribution >= 4 is 24.4 Å². The number of aromatic carboxylic acids is 1. The highest BCUT2D eigenvalue weighted by atomic mass is 16.5. The van der Waals surface area contributed by atoms with Gasteiger partial charge in [-0.1, -0.05) is 12.1 Å². The Kier molecular flexibility index (Phi) is 5.40. The molecule has 0 aliphatic carbocycles. The third kappa shape index (κ3) is 4.26. The highest BCUT2D eigenvalue weighted by molar-refractivity contribution is 5.95. The number of phenolic OH excluding ortho intramolecular Hbond substituents is 1. The fourth-order valence-electron chi connectivity index (χ4n) is 1.82. The second-order valence-electron chi connectivity index (χ2n) is 4.68. The quantitative estimate of drug-likeness (QED) is 0.498. The predicted molar refractivity (Wildman–Crippen MR) is 88.0 cm³/mol. The van der Waals surface area contributed by atoms with Crippen molar-refractivity contribution in [2.24, 2.45) is 10.2 Å². The minimum Gasteiger partial charge on any atom is -0.507 e. The highest BCUT2D eigenvalue weighted by Crippen LogP contribution is 2.18. The molecule has 2 N–H and O–H groups in total. The summed E-state index contributed by atoms with van der Waals surface area (Å²) in [5.41, 5.74) is 1.48. The number of hydrogen-bond donors (Lipinski definition) is 2. The van der Waals surface area contributed by atoms with Crippen LogP contribution in [-0.4, -0.2) is 41.7 Å². The lowest BCUT2D eigenvalue weighted by atomic mass is 10.1. The zero-order valence-electron chi connectivity index (χ0n) is 12.7. The number of aromatic hydroxyl groups is 1. The summed E-state index contributed by atoms with van der Waals surface area (Å²) in [6.07, 6.45) is 2.87. The molecular formula is C17H14N2O5. The van der Waals surface area contributed by atoms with Gasteiger partial charge in [-0.2, -0.15) is 10.2 Å². The van der Waals surface area contributed by atoms with Crippen LogP contribution < -0.4 is 0 Å². The molecule has 0 saturated carbocycles. The first-order chi connectivity index (χ1) is 11.5. The Morgan fingerprint density at radius 2 is 1.58 bits per heavy atom. The molecule has 2 rings (SSSR count). The van der Waals surface area contributed by atoms with E-state index in [0.717, 1.165) is 0 Å². The zero-order chi connectivity index (χ0) is 17.5. The molecule has 0 amide bonds. The zero-order valence-corrected chi connectivity index (χ0v) is 12.7. The van der Waals surface area contributed by atoms with Crippen molar-refractivity contribution in [1.82, 2.24) is 0 Å². The lowest BCUT2D eigenvalue weighted by molar-refractivity contribution is 0.0596. The summed E-state index contributed by atoms with van der Waals surface area (Å²) >= 11 is 0. The molecule has 0 spiro atoms. The molecule has 0 bridgehead atoms. The largest absolute Gasteiger partial charge is 0.507 e. The molecule has 24 heavy (non-hydrogen) atoms. The average molecular weight is 326 g/mol. The summed E-state index contributed by atoms with van der Waals surface area (Å²) in [4.78, 5) is 22.2. The lowest BCUT2D eigenvalue weighted by Crippen LogP contribution is -2.02. The molecule has 0 radical (unpaired) electrons. The molecule has 2 aromatic rings. The van der Waals surface area contributed by atoms with Gasteiger partial charge in [-0.15, -0.1) is 0 Å². The van der Waals surface area contributed by atoms with Gasteiger partial charge in [-0.3, -0.25) is 0 Å². The van der Waals surface area contributed by atoms with Crippen molar-refractivity contribution in [2.75, 3.05) is 7.11 Å². The van der Waals surface area contributed by atoms with E-state index in [1.54, 1.807) is 18.2 Å². The summed E-state index contributed by atoms with van der Waals surface area (Å²) < 4.78 is 4.57. The number of rotatable bonds is 5. The Bertz CT molecular complexity index is 810. The Morgan fingerprint density at radius 1 is 1.00 bits per heavy atom. The van der Waals surface area contributed by atoms with E-state index >= 15 is 0 Å². The van der Waals surface area contributed by atoms with E-state index in [0.29, 0.717) is 11.1 Å². The van der Waals surface area contributed by atoms with Gasteiger partial charge in [0.25, 0.3) is 0 Å². The first kappa shape index (κ1) is 16.9. The van der Waals surface area contributed by atoms with E-state index in [4.69, 9.17) is 5.11 Å². The van der Waals surface area contributed by atoms with E-state index in [1.165, 1.54) is 43.8 Å². The molecule has 0 atom stereocenters. The van der Waals surface area contributed by atoms with E-state index < -0.39 is 11.9 Å². The van der Waals surface area contributed by atoms with Crippen LogP contribution in [0.3, 0.4) is 0 Å². The second-order valence-corrected chi connectivity index (χ2v) is 4.68. The second kappa shape index (κ2) is 7.68. The fourth-order valence-corrected chi connectivity index (χ4v) is 1.82. The Morgan fingerprint density at radius 3 is 2.17 bits per heavy atom. The number of methoxy groups -OCH3 is 1. The molecule has 0 fully saturated rings. The Balaban J connectivity index is 2.08. The predicted octanol–water partition coefficient (Wildman–Crippen LogP) is 2.33. The normalized spacial score (nSPS) is 11.0. The maximum Gasteiger partial charge on any atom is 0.341 e. The third-order valence-corrected chi connectivity index (χ3v) is 3.06. The van der Waals surface area contributed by atoms with Gasteiger partial charge in [-0.05, 0) is 41.5 Å². The Hall–Kier alpha value is -3.48. The maximum absolute atomic E-state index is 11.5. The number of carbonyl (C=O) groups excluding carboxylic acids is 1. The van der Waals surface area contributed by atoms with Gasteiger partial charge in [0.1, 0.15) is 11.3 Å². The highest BCUT2D eigenvalue weighted by Gasteiger charge is 2.11. The maximum atomic E-state index is 11.5. The molecule has 2 aromatic carbocycles. The summed E-state index contributed by atoms with van der Waals surface area (Å²) in [5, 5.41) is 26.1. The standard InChI is InChI=1S/C17H14N2O5/c1-24-17(23)14-8-12(4-7-15(14)20)10-19-18-9-11-2-5-13(6-3-11)16(21)22/h2-10,20H,1H3,(H,21,22)/b18-9+,19-10+. The van der Waals surface area contributed by atoms with Crippen molar-refractivity contribution in [1.29, 1.82) is 0 Å². The van der Waals surface area contributed by atoms with Gasteiger partial charge in [-0.25, -0.2) is 9.59 Å². The van der Waals surface area contributed by atoms with E-state index in [-0.39, 0.29) is 16.9 Å². The number of benzene rings is 2. The Labute approximate surface area is 137 Å². The third-order valence-electron chi connectivity index (χ3n) is 3.06. The minimum absolute atomic E-state index is 0.0367. The lowest BCUT2D eigenvalue weighted by Gasteiger charge is -2.02. The van der Waals surface area contributed by atoms with Gasteiger partial charge < -0.3 is 14.9 Å². The van der Waals surface area contributed by atoms with E-state index in [1.807, 2.05) is 0 Å². The summed E-state index contributed by atoms with van der Waals surface area (Å²) in [5.74, 6) is -1.82. The molecule has 0 unspecified atom stereocenters. The van der Waals surface area contributed by atoms with Gasteiger partial charge in [0.2, 0.25) is 0 Å². The first-order valence-electron chi connectivity index (χ1n) is 6.82. The molecule has 0 saturated heterocycles. The van der Waals surface area contributed by atoms with E-state index in [2.05, 4.69) is 14.9 Å². The first-order valence-corrected chi connectivity index (χ1v) is 6.82. The molecule has 122 valence electrons. The number of phenols is 1. The van der Waals surface area contributed by atoms with Crippen LogP contribution in [0.2, 0.25) is 0 Å². The summed E-state index contributed by atoms with van der Waals surface area (Å²) in [6.45, 7) is 0. The number of hydrogen-bond acceptors (Lipinski definition) is 6. The van der Waals surface area contributed by atoms with Crippen molar-refractivity contribution < 1.29 is 24.5 Å². The summed E-state index contributed by atoms with van der Waals surface area (Å²) in [7, 11) is 1.22. The van der Waals surface area contributed by atoms with Gasteiger partial charge in [0, 0.05) is 0 Å². The van der Waals surface area contributed by atoms with Crippen molar-refractivity contribution in [3.05, 3.63) is 64.7 Å². The molecule has 7 heteroatoms. The number of carboxylic acids is 1. The van der Waals surface area contributed by atoms with Crippen molar-refractivity contribution in [3.8, 4) is 5.75 Å². The minimum atomic E-state index is -0.995. The average Bonchev–Trinajstić information content (AvgIpc) is 2.59. The van der Waals surface area contributed by atoms with Gasteiger partial charge >= 0.3 is 11.9 Å². The molecule has 0 aliphatic rings. The topological polar surface area (TPSA) is 109 Å². The molecule has 0 aromatic heterocycles. The number of carbonyl (C=O) groups is 2. The van der Waals surface area contributed by atoms with Crippen molar-refractivity contribution in [2.45, 2.75) is 0 Å². The van der Waals surface area contributed by atoms with Crippen LogP contribution in [0.4, 0.5) is 0 Å². The summed E-state index contributed by atoms with van der Waals surface area (Å²) in [6, 6.07) is 10.5. The van der Waals surface area contributed by atoms with Gasteiger partial charge in [0.15, 0.2) is 0 Å². The van der Waals surface area contributed by atoms with Gasteiger partial charge in [0.05, 0.1) is 25.1 Å². The van der Waals surface area contributed by atoms with Crippen molar-refractivity contribution in [3.63, 3.8) is 0 Å². The monoisotopic (exact) mass is 326 g/mol. The van der Waals surface area contributed by atoms with Crippen LogP contribution in [0, 0.1) is 0 Å². The molecule has 0 heterocycles. The SMILES string of the molecule is COC(=O)c1cc(/C=N/N=C/c2ccc(C(=O)O)cc2)ccc1O. The van der Waals surface area contributed by atoms with Crippen LogP contribution in [-0.2, 0) is 4.74 Å². The van der Waals surface area contributed by atoms with Crippen LogP contribution in [0.1, 0.15) is 31.8 Å². The fraction of sp³-hybridized carbons (Fsp3) is 0.0588. The smallest absolute Gasteiger partial charge is 0.341 e. The van der Waals surface area contributed by atoms with E-state index in [9.17, 15) is 14.7 Å². The number of nitrogens with zero attached hydrogens (tertiary/aromatic N) is 2. The van der Waals surface area contributed by atoms with Crippen LogP contribution in [0.5, 0.6) is 5.75 Å². The molecular weight excluding hydrogens is 312 g/mol. The number of esters is 1. The number of ether oxygens (including phenoxy) is 1. The molecule has 7 nitrogen and oxygen atoms in total. The van der Waals surface area contributed by atoms with Crippen LogP contribution in [0.15, 0.2) is 52.7 Å².